The van der Waals surface area contributed by atoms with Crippen LogP contribution in [0.1, 0.15) is 5.56 Å². The molecule has 1 heterocycles. The number of aromatic nitrogens is 2. The number of nitrogens with two attached hydrogens (primary N) is 1. The highest BCUT2D eigenvalue weighted by Gasteiger charge is 2.09. The summed E-state index contributed by atoms with van der Waals surface area (Å²) >= 11 is 0. The van der Waals surface area contributed by atoms with Crippen molar-refractivity contribution in [1.29, 1.82) is 0 Å². The highest BCUT2D eigenvalue weighted by Crippen LogP contribution is 2.04. The minimum Gasteiger partial charge on any atom is -0.384 e. The van der Waals surface area contributed by atoms with E-state index in [-0.39, 0.29) is 13.1 Å². The second-order valence-electron chi connectivity index (χ2n) is 3.02. The summed E-state index contributed by atoms with van der Waals surface area (Å²) in [5.74, 6) is 0.347. The van der Waals surface area contributed by atoms with Crippen LogP contribution in [0.25, 0.3) is 0 Å². The zero-order valence-electron chi connectivity index (χ0n) is 8.86. The lowest BCUT2D eigenvalue weighted by molar-refractivity contribution is 0.204. The summed E-state index contributed by atoms with van der Waals surface area (Å²) in [7, 11) is -2.03. The molecule has 5 N–H and O–H groups in total. The van der Waals surface area contributed by atoms with E-state index in [1.54, 1.807) is 0 Å². The standard InChI is InChI=1S/C7H15N5O3S/c1-15-3-2-10-16(13,14)11-5-6-4-9-12-7(6)8/h4,10-11H,2-3,5H2,1H3,(H3,8,9,12). The molecule has 0 aliphatic carbocycles. The maximum absolute atomic E-state index is 11.4. The van der Waals surface area contributed by atoms with Crippen molar-refractivity contribution in [2.24, 2.45) is 0 Å². The van der Waals surface area contributed by atoms with Gasteiger partial charge in [0.1, 0.15) is 5.82 Å². The summed E-state index contributed by atoms with van der Waals surface area (Å²) in [6, 6.07) is 0. The van der Waals surface area contributed by atoms with Crippen LogP contribution < -0.4 is 15.2 Å². The van der Waals surface area contributed by atoms with Gasteiger partial charge in [-0.25, -0.2) is 0 Å². The molecule has 0 saturated heterocycles. The molecule has 0 fully saturated rings. The number of nitrogens with zero attached hydrogens (tertiary/aromatic N) is 1. The molecule has 0 amide bonds. The zero-order valence-corrected chi connectivity index (χ0v) is 9.67. The molecule has 1 aromatic heterocycles. The zero-order chi connectivity index (χ0) is 12.0. The van der Waals surface area contributed by atoms with Gasteiger partial charge in [0, 0.05) is 25.8 Å². The molecule has 0 atom stereocenters. The van der Waals surface area contributed by atoms with Crippen LogP contribution in [0.4, 0.5) is 5.82 Å². The average molecular weight is 249 g/mol. The highest BCUT2D eigenvalue weighted by molar-refractivity contribution is 7.87. The molecule has 1 rings (SSSR count). The Morgan fingerprint density at radius 2 is 2.31 bits per heavy atom. The van der Waals surface area contributed by atoms with Crippen LogP contribution in [0.5, 0.6) is 0 Å². The number of nitrogen functional groups attached to an aromatic ring is 1. The first-order valence-corrected chi connectivity index (χ1v) is 6.04. The van der Waals surface area contributed by atoms with Crippen LogP contribution in [-0.4, -0.2) is 38.9 Å². The molecular weight excluding hydrogens is 234 g/mol. The highest BCUT2D eigenvalue weighted by atomic mass is 32.2. The van der Waals surface area contributed by atoms with Gasteiger partial charge < -0.3 is 10.5 Å². The summed E-state index contributed by atoms with van der Waals surface area (Å²) in [5, 5.41) is 6.18. The summed E-state index contributed by atoms with van der Waals surface area (Å²) in [4.78, 5) is 0. The van der Waals surface area contributed by atoms with Gasteiger partial charge in [0.15, 0.2) is 0 Å². The van der Waals surface area contributed by atoms with Crippen LogP contribution in [0.2, 0.25) is 0 Å². The van der Waals surface area contributed by atoms with Gasteiger partial charge in [0.25, 0.3) is 10.2 Å². The fraction of sp³-hybridized carbons (Fsp3) is 0.571. The Bertz CT molecular complexity index is 415. The Balaban J connectivity index is 2.39. The lowest BCUT2D eigenvalue weighted by Gasteiger charge is -2.06. The molecule has 0 unspecified atom stereocenters. The minimum absolute atomic E-state index is 0.0879. The number of hydrogen-bond donors (Lipinski definition) is 4. The van der Waals surface area contributed by atoms with E-state index in [9.17, 15) is 8.42 Å². The fourth-order valence-corrected chi connectivity index (χ4v) is 1.76. The maximum atomic E-state index is 11.4. The number of nitrogens with one attached hydrogen (secondary N) is 3. The number of anilines is 1. The monoisotopic (exact) mass is 249 g/mol. The average Bonchev–Trinajstić information content (AvgIpc) is 2.62. The summed E-state index contributed by atoms with van der Waals surface area (Å²) in [5.41, 5.74) is 6.09. The Morgan fingerprint density at radius 3 is 2.88 bits per heavy atom. The van der Waals surface area contributed by atoms with Crippen LogP contribution in [0, 0.1) is 0 Å². The van der Waals surface area contributed by atoms with E-state index in [0.717, 1.165) is 0 Å². The number of hydrogen-bond acceptors (Lipinski definition) is 5. The molecule has 0 aliphatic heterocycles. The van der Waals surface area contributed by atoms with Crippen molar-refractivity contribution in [3.8, 4) is 0 Å². The van der Waals surface area contributed by atoms with E-state index < -0.39 is 10.2 Å². The number of methoxy groups -OCH3 is 1. The Morgan fingerprint density at radius 1 is 1.56 bits per heavy atom. The van der Waals surface area contributed by atoms with Crippen molar-refractivity contribution in [1.82, 2.24) is 19.6 Å². The molecule has 0 spiro atoms. The van der Waals surface area contributed by atoms with Gasteiger partial charge in [-0.05, 0) is 0 Å². The molecule has 16 heavy (non-hydrogen) atoms. The third-order valence-electron chi connectivity index (χ3n) is 1.80. The smallest absolute Gasteiger partial charge is 0.277 e. The van der Waals surface area contributed by atoms with Crippen molar-refractivity contribution >= 4 is 16.0 Å². The summed E-state index contributed by atoms with van der Waals surface area (Å²) in [6.07, 6.45) is 1.47. The van der Waals surface area contributed by atoms with Gasteiger partial charge in [-0.15, -0.1) is 0 Å². The summed E-state index contributed by atoms with van der Waals surface area (Å²) < 4.78 is 32.1. The van der Waals surface area contributed by atoms with Gasteiger partial charge in [0.2, 0.25) is 0 Å². The lowest BCUT2D eigenvalue weighted by Crippen LogP contribution is -2.37. The first-order chi connectivity index (χ1) is 7.55. The van der Waals surface area contributed by atoms with E-state index in [1.165, 1.54) is 13.3 Å². The van der Waals surface area contributed by atoms with Crippen LogP contribution in [0.15, 0.2) is 6.20 Å². The van der Waals surface area contributed by atoms with E-state index >= 15 is 0 Å². The fourth-order valence-electron chi connectivity index (χ4n) is 0.964. The van der Waals surface area contributed by atoms with Crippen molar-refractivity contribution < 1.29 is 13.2 Å². The van der Waals surface area contributed by atoms with E-state index in [0.29, 0.717) is 18.0 Å². The number of ether oxygens (including phenoxy) is 1. The topological polar surface area (TPSA) is 122 Å². The molecule has 8 nitrogen and oxygen atoms in total. The molecule has 1 aromatic rings. The molecule has 0 radical (unpaired) electrons. The predicted octanol–water partition coefficient (Wildman–Crippen LogP) is -1.44. The molecule has 0 bridgehead atoms. The van der Waals surface area contributed by atoms with E-state index in [1.807, 2.05) is 0 Å². The van der Waals surface area contributed by atoms with Crippen molar-refractivity contribution in [3.63, 3.8) is 0 Å². The van der Waals surface area contributed by atoms with Gasteiger partial charge in [-0.3, -0.25) is 5.10 Å². The first-order valence-electron chi connectivity index (χ1n) is 4.56. The largest absolute Gasteiger partial charge is 0.384 e. The van der Waals surface area contributed by atoms with Crippen LogP contribution in [0.3, 0.4) is 0 Å². The third-order valence-corrected chi connectivity index (χ3v) is 2.91. The molecular formula is C7H15N5O3S. The molecule has 9 heteroatoms. The van der Waals surface area contributed by atoms with Crippen LogP contribution in [-0.2, 0) is 21.5 Å². The normalized spacial score (nSPS) is 11.8. The van der Waals surface area contributed by atoms with E-state index in [2.05, 4.69) is 19.6 Å². The number of H-pyrrole nitrogens is 1. The summed E-state index contributed by atoms with van der Waals surface area (Å²) in [6.45, 7) is 0.617. The quantitative estimate of drug-likeness (QED) is 0.441. The van der Waals surface area contributed by atoms with Gasteiger partial charge >= 0.3 is 0 Å². The maximum Gasteiger partial charge on any atom is 0.277 e. The van der Waals surface area contributed by atoms with Gasteiger partial charge in [-0.2, -0.15) is 23.0 Å². The second kappa shape index (κ2) is 5.80. The molecule has 0 aliphatic rings. The Labute approximate surface area is 93.7 Å². The molecule has 0 saturated carbocycles. The number of aromatic amines is 1. The SMILES string of the molecule is COCCNS(=O)(=O)NCc1cn[nH]c1N. The predicted molar refractivity (Wildman–Crippen MR) is 58.6 cm³/mol. The van der Waals surface area contributed by atoms with Crippen molar-refractivity contribution in [2.45, 2.75) is 6.54 Å². The first kappa shape index (κ1) is 12.9. The Kier molecular flexibility index (Phi) is 4.68. The van der Waals surface area contributed by atoms with Crippen molar-refractivity contribution in [2.75, 3.05) is 26.0 Å². The third kappa shape index (κ3) is 4.14. The number of rotatable bonds is 7. The molecule has 0 aromatic carbocycles. The Hall–Kier alpha value is -1.16. The second-order valence-corrected chi connectivity index (χ2v) is 4.60. The molecule has 92 valence electrons. The van der Waals surface area contributed by atoms with Crippen LogP contribution >= 0.6 is 0 Å². The minimum atomic E-state index is -3.52. The van der Waals surface area contributed by atoms with E-state index in [4.69, 9.17) is 10.5 Å². The van der Waals surface area contributed by atoms with Gasteiger partial charge in [-0.1, -0.05) is 0 Å². The van der Waals surface area contributed by atoms with Crippen molar-refractivity contribution in [3.05, 3.63) is 11.8 Å². The van der Waals surface area contributed by atoms with Gasteiger partial charge in [0.05, 0.1) is 12.8 Å². The lowest BCUT2D eigenvalue weighted by atomic mass is 10.3.